The Hall–Kier alpha value is -2.24. The van der Waals surface area contributed by atoms with Gasteiger partial charge in [-0.25, -0.2) is 0 Å². The number of hydrogen-bond acceptors (Lipinski definition) is 2. The Labute approximate surface area is 237 Å². The first kappa shape index (κ1) is 27.8. The van der Waals surface area contributed by atoms with E-state index in [0.29, 0.717) is 32.1 Å². The van der Waals surface area contributed by atoms with Crippen LogP contribution >= 0.6 is 46.4 Å². The molecule has 4 nitrogen and oxygen atoms in total. The molecule has 3 aromatic carbocycles. The number of carbonyl (C=O) groups excluding carboxylic acids is 2. The average Bonchev–Trinajstić information content (AvgIpc) is 3.39. The second kappa shape index (κ2) is 13.0. The predicted molar refractivity (Wildman–Crippen MR) is 152 cm³/mol. The zero-order valence-corrected chi connectivity index (χ0v) is 23.3. The highest BCUT2D eigenvalue weighted by molar-refractivity contribution is 6.42. The van der Waals surface area contributed by atoms with Crippen LogP contribution in [0.25, 0.3) is 0 Å². The van der Waals surface area contributed by atoms with Gasteiger partial charge in [0, 0.05) is 19.0 Å². The molecule has 1 aliphatic rings. The molecule has 0 spiro atoms. The summed E-state index contributed by atoms with van der Waals surface area (Å²) in [5, 5.41) is 4.82. The molecule has 1 saturated carbocycles. The summed E-state index contributed by atoms with van der Waals surface area (Å²) in [4.78, 5) is 29.2. The molecule has 0 saturated heterocycles. The van der Waals surface area contributed by atoms with Gasteiger partial charge in [0.15, 0.2) is 0 Å². The van der Waals surface area contributed by atoms with E-state index in [2.05, 4.69) is 5.32 Å². The van der Waals surface area contributed by atoms with Gasteiger partial charge in [0.2, 0.25) is 11.8 Å². The van der Waals surface area contributed by atoms with Gasteiger partial charge in [-0.2, -0.15) is 0 Å². The number of halogens is 4. The minimum atomic E-state index is -0.715. The van der Waals surface area contributed by atoms with Gasteiger partial charge >= 0.3 is 0 Å². The summed E-state index contributed by atoms with van der Waals surface area (Å²) in [6.45, 7) is 0.201. The number of nitrogens with one attached hydrogen (secondary N) is 1. The Morgan fingerprint density at radius 2 is 1.38 bits per heavy atom. The molecule has 0 bridgehead atoms. The summed E-state index contributed by atoms with van der Waals surface area (Å²) in [5.74, 6) is -0.356. The highest BCUT2D eigenvalue weighted by Crippen LogP contribution is 2.26. The van der Waals surface area contributed by atoms with Crippen molar-refractivity contribution in [1.29, 1.82) is 0 Å². The Morgan fingerprint density at radius 1 is 0.784 bits per heavy atom. The average molecular weight is 578 g/mol. The molecule has 4 rings (SSSR count). The van der Waals surface area contributed by atoms with E-state index in [4.69, 9.17) is 46.4 Å². The molecule has 0 aliphatic heterocycles. The van der Waals surface area contributed by atoms with Crippen molar-refractivity contribution in [1.82, 2.24) is 10.2 Å². The number of hydrogen-bond donors (Lipinski definition) is 1. The maximum atomic E-state index is 13.8. The number of nitrogens with zero attached hydrogens (tertiary/aromatic N) is 1. The van der Waals surface area contributed by atoms with Crippen LogP contribution in [0, 0.1) is 0 Å². The number of rotatable bonds is 9. The summed E-state index contributed by atoms with van der Waals surface area (Å²) < 4.78 is 0. The smallest absolute Gasteiger partial charge is 0.243 e. The van der Waals surface area contributed by atoms with Crippen LogP contribution in [-0.2, 0) is 29.0 Å². The molecular weight excluding hydrogens is 550 g/mol. The molecule has 0 aromatic heterocycles. The molecule has 37 heavy (non-hydrogen) atoms. The van der Waals surface area contributed by atoms with Crippen molar-refractivity contribution in [2.75, 3.05) is 0 Å². The lowest BCUT2D eigenvalue weighted by atomic mass is 10.0. The van der Waals surface area contributed by atoms with E-state index in [1.54, 1.807) is 35.2 Å². The van der Waals surface area contributed by atoms with Crippen LogP contribution in [0.4, 0.5) is 0 Å². The Morgan fingerprint density at radius 3 is 2.00 bits per heavy atom. The highest BCUT2D eigenvalue weighted by atomic mass is 35.5. The van der Waals surface area contributed by atoms with Crippen LogP contribution in [0.2, 0.25) is 20.1 Å². The van der Waals surface area contributed by atoms with E-state index in [1.165, 1.54) is 0 Å². The van der Waals surface area contributed by atoms with E-state index in [1.807, 2.05) is 36.4 Å². The van der Waals surface area contributed by atoms with E-state index in [0.717, 1.165) is 36.8 Å². The van der Waals surface area contributed by atoms with Crippen LogP contribution in [0.5, 0.6) is 0 Å². The fourth-order valence-electron chi connectivity index (χ4n) is 4.68. The first-order chi connectivity index (χ1) is 17.8. The fraction of sp³-hybridized carbons (Fsp3) is 0.310. The van der Waals surface area contributed by atoms with Gasteiger partial charge in [-0.15, -0.1) is 0 Å². The summed E-state index contributed by atoms with van der Waals surface area (Å²) in [6, 6.07) is 19.5. The fourth-order valence-corrected chi connectivity index (χ4v) is 5.32. The van der Waals surface area contributed by atoms with Crippen LogP contribution in [-0.4, -0.2) is 28.8 Å². The zero-order chi connectivity index (χ0) is 26.4. The lowest BCUT2D eigenvalue weighted by Crippen LogP contribution is -2.52. The summed E-state index contributed by atoms with van der Waals surface area (Å²) >= 11 is 24.7. The van der Waals surface area contributed by atoms with E-state index < -0.39 is 6.04 Å². The normalized spacial score (nSPS) is 14.4. The molecule has 1 aliphatic carbocycles. The third-order valence-corrected chi connectivity index (χ3v) is 8.13. The zero-order valence-electron chi connectivity index (χ0n) is 20.2. The largest absolute Gasteiger partial charge is 0.352 e. The van der Waals surface area contributed by atoms with Gasteiger partial charge in [-0.3, -0.25) is 9.59 Å². The summed E-state index contributed by atoms with van der Waals surface area (Å²) in [5.41, 5.74) is 2.47. The Balaban J connectivity index is 1.68. The van der Waals surface area contributed by atoms with Crippen LogP contribution in [0.15, 0.2) is 66.7 Å². The Bertz CT molecular complexity index is 1250. The van der Waals surface area contributed by atoms with Crippen molar-refractivity contribution in [3.63, 3.8) is 0 Å². The number of amides is 2. The molecule has 194 valence electrons. The van der Waals surface area contributed by atoms with Gasteiger partial charge in [0.05, 0.1) is 26.5 Å². The third kappa shape index (κ3) is 7.64. The van der Waals surface area contributed by atoms with Crippen molar-refractivity contribution >= 4 is 58.2 Å². The molecule has 8 heteroatoms. The van der Waals surface area contributed by atoms with E-state index >= 15 is 0 Å². The van der Waals surface area contributed by atoms with Gasteiger partial charge in [-0.05, 0) is 53.8 Å². The van der Waals surface area contributed by atoms with Crippen molar-refractivity contribution in [3.8, 4) is 0 Å². The second-order valence-corrected chi connectivity index (χ2v) is 11.0. The second-order valence-electron chi connectivity index (χ2n) is 9.39. The van der Waals surface area contributed by atoms with Crippen molar-refractivity contribution in [2.24, 2.45) is 0 Å². The first-order valence-electron chi connectivity index (χ1n) is 12.3. The maximum Gasteiger partial charge on any atom is 0.243 e. The molecule has 0 unspecified atom stereocenters. The molecular formula is C29H28Cl4N2O2. The minimum Gasteiger partial charge on any atom is -0.352 e. The SMILES string of the molecule is O=C(NC1CCCC1)[C@H](Cc1ccccc1)N(Cc1ccc(Cl)c(Cl)c1)C(=O)Cc1ccc(Cl)c(Cl)c1. The van der Waals surface area contributed by atoms with Gasteiger partial charge in [0.1, 0.15) is 6.04 Å². The van der Waals surface area contributed by atoms with E-state index in [9.17, 15) is 9.59 Å². The number of carbonyl (C=O) groups is 2. The standard InChI is InChI=1S/C29H28Cl4N2O2/c30-23-12-10-20(14-25(23)32)17-28(36)35(18-21-11-13-24(31)26(33)15-21)27(16-19-6-2-1-3-7-19)29(37)34-22-8-4-5-9-22/h1-3,6-7,10-15,22,27H,4-5,8-9,16-18H2,(H,34,37)/t27-/m0/s1. The maximum absolute atomic E-state index is 13.8. The van der Waals surface area contributed by atoms with Gasteiger partial charge in [0.25, 0.3) is 0 Å². The van der Waals surface area contributed by atoms with Gasteiger partial charge in [-0.1, -0.05) is 102 Å². The van der Waals surface area contributed by atoms with Crippen LogP contribution in [0.1, 0.15) is 42.4 Å². The Kier molecular flexibility index (Phi) is 9.77. The highest BCUT2D eigenvalue weighted by Gasteiger charge is 2.32. The van der Waals surface area contributed by atoms with Crippen molar-refractivity contribution < 1.29 is 9.59 Å². The van der Waals surface area contributed by atoms with Gasteiger partial charge < -0.3 is 10.2 Å². The molecule has 1 fully saturated rings. The number of benzene rings is 3. The van der Waals surface area contributed by atoms with Crippen molar-refractivity contribution in [3.05, 3.63) is 104 Å². The van der Waals surface area contributed by atoms with Crippen molar-refractivity contribution in [2.45, 2.75) is 57.2 Å². The lowest BCUT2D eigenvalue weighted by molar-refractivity contribution is -0.141. The topological polar surface area (TPSA) is 49.4 Å². The van der Waals surface area contributed by atoms with Crippen LogP contribution in [0.3, 0.4) is 0 Å². The molecule has 0 heterocycles. The quantitative estimate of drug-likeness (QED) is 0.285. The molecule has 3 aromatic rings. The minimum absolute atomic E-state index is 0.0697. The van der Waals surface area contributed by atoms with Crippen LogP contribution < -0.4 is 5.32 Å². The monoisotopic (exact) mass is 576 g/mol. The lowest BCUT2D eigenvalue weighted by Gasteiger charge is -2.32. The molecule has 2 amide bonds. The first-order valence-corrected chi connectivity index (χ1v) is 13.8. The molecule has 1 atom stereocenters. The van der Waals surface area contributed by atoms with E-state index in [-0.39, 0.29) is 30.8 Å². The molecule has 0 radical (unpaired) electrons. The summed E-state index contributed by atoms with van der Waals surface area (Å²) in [6.07, 6.45) is 4.55. The molecule has 1 N–H and O–H groups in total. The summed E-state index contributed by atoms with van der Waals surface area (Å²) in [7, 11) is 0. The predicted octanol–water partition coefficient (Wildman–Crippen LogP) is 7.54. The third-order valence-electron chi connectivity index (χ3n) is 6.65.